The van der Waals surface area contributed by atoms with Crippen molar-refractivity contribution in [3.05, 3.63) is 42.0 Å². The Hall–Kier alpha value is -2.11. The number of fused-ring (bicyclic) bond motifs is 1. The normalized spacial score (nSPS) is 21.8. The van der Waals surface area contributed by atoms with Crippen LogP contribution >= 0.6 is 0 Å². The summed E-state index contributed by atoms with van der Waals surface area (Å²) in [6, 6.07) is 13.0. The Morgan fingerprint density at radius 3 is 2.36 bits per heavy atom. The van der Waals surface area contributed by atoms with E-state index in [-0.39, 0.29) is 5.91 Å². The average Bonchev–Trinajstić information content (AvgIpc) is 3.59. The predicted molar refractivity (Wildman–Crippen MR) is 109 cm³/mol. The second kappa shape index (κ2) is 7.72. The highest BCUT2D eigenvalue weighted by molar-refractivity contribution is 5.98. The summed E-state index contributed by atoms with van der Waals surface area (Å²) in [5.74, 6) is 1.03. The van der Waals surface area contributed by atoms with Gasteiger partial charge in [-0.15, -0.1) is 0 Å². The molecule has 0 spiro atoms. The number of benzene rings is 2. The Labute approximate surface area is 166 Å². The molecule has 0 unspecified atom stereocenters. The minimum atomic E-state index is 0.0907. The van der Waals surface area contributed by atoms with Gasteiger partial charge < -0.3 is 19.3 Å². The zero-order valence-electron chi connectivity index (χ0n) is 16.3. The van der Waals surface area contributed by atoms with E-state index >= 15 is 0 Å². The zero-order valence-corrected chi connectivity index (χ0v) is 16.3. The number of carbonyl (C=O) groups excluding carboxylic acids is 1. The van der Waals surface area contributed by atoms with Gasteiger partial charge >= 0.3 is 0 Å². The van der Waals surface area contributed by atoms with Gasteiger partial charge in [0.15, 0.2) is 0 Å². The van der Waals surface area contributed by atoms with Crippen LogP contribution in [0.4, 0.5) is 0 Å². The first-order chi connectivity index (χ1) is 13.8. The lowest BCUT2D eigenvalue weighted by atomic mass is 10.0. The fraction of sp³-hybridized carbons (Fsp3) is 0.522. The Balaban J connectivity index is 1.25. The number of hydrogen-bond donors (Lipinski definition) is 0. The number of amides is 1. The van der Waals surface area contributed by atoms with Gasteiger partial charge in [0.05, 0.1) is 13.2 Å². The fourth-order valence-corrected chi connectivity index (χ4v) is 4.37. The maximum absolute atomic E-state index is 12.7. The number of nitrogens with zero attached hydrogens (tertiary/aromatic N) is 2. The second-order valence-electron chi connectivity index (χ2n) is 8.21. The molecule has 5 heteroatoms. The van der Waals surface area contributed by atoms with E-state index in [2.05, 4.69) is 17.0 Å². The number of hydrogen-bond acceptors (Lipinski definition) is 4. The van der Waals surface area contributed by atoms with Crippen LogP contribution < -0.4 is 4.74 Å². The van der Waals surface area contributed by atoms with Crippen LogP contribution in [0.2, 0.25) is 0 Å². The Bertz CT molecular complexity index is 850. The van der Waals surface area contributed by atoms with E-state index < -0.39 is 0 Å². The third kappa shape index (κ3) is 3.87. The van der Waals surface area contributed by atoms with Crippen molar-refractivity contribution in [2.75, 3.05) is 39.4 Å². The molecule has 2 saturated heterocycles. The van der Waals surface area contributed by atoms with Crippen molar-refractivity contribution < 1.29 is 14.3 Å². The van der Waals surface area contributed by atoms with Gasteiger partial charge in [0.1, 0.15) is 11.9 Å². The molecule has 3 fully saturated rings. The molecule has 2 aromatic rings. The van der Waals surface area contributed by atoms with Crippen LogP contribution in [0.3, 0.4) is 0 Å². The first-order valence-electron chi connectivity index (χ1n) is 10.6. The summed E-state index contributed by atoms with van der Waals surface area (Å²) in [5, 5.41) is 2.20. The first kappa shape index (κ1) is 18.0. The van der Waals surface area contributed by atoms with Gasteiger partial charge in [-0.3, -0.25) is 4.79 Å². The lowest BCUT2D eigenvalue weighted by Gasteiger charge is -2.32. The summed E-state index contributed by atoms with van der Waals surface area (Å²) in [6.45, 7) is 4.91. The predicted octanol–water partition coefficient (Wildman–Crippen LogP) is 3.32. The van der Waals surface area contributed by atoms with E-state index in [9.17, 15) is 4.79 Å². The molecular weight excluding hydrogens is 352 g/mol. The first-order valence-corrected chi connectivity index (χ1v) is 10.6. The molecule has 2 aromatic carbocycles. The molecule has 0 atom stereocenters. The minimum absolute atomic E-state index is 0.0907. The number of likely N-dealkylation sites (tertiary alicyclic amines) is 1. The topological polar surface area (TPSA) is 42.0 Å². The van der Waals surface area contributed by atoms with Crippen LogP contribution in [-0.4, -0.2) is 67.2 Å². The van der Waals surface area contributed by atoms with Crippen molar-refractivity contribution in [1.29, 1.82) is 0 Å². The standard InChI is InChI=1S/C23H28N2O3/c26-23(25-11-13-27-14-12-25)19-2-1-18-16-22(6-3-17(18)15-19)28-21-7-9-24(10-8-21)20-4-5-20/h1-3,6,15-16,20-21H,4-5,7-14H2. The lowest BCUT2D eigenvalue weighted by Crippen LogP contribution is -2.40. The summed E-state index contributed by atoms with van der Waals surface area (Å²) < 4.78 is 11.6. The van der Waals surface area contributed by atoms with Crippen molar-refractivity contribution in [3.8, 4) is 5.75 Å². The van der Waals surface area contributed by atoms with Gasteiger partial charge in [-0.25, -0.2) is 0 Å². The van der Waals surface area contributed by atoms with Crippen molar-refractivity contribution in [3.63, 3.8) is 0 Å². The number of carbonyl (C=O) groups is 1. The molecule has 1 amide bonds. The van der Waals surface area contributed by atoms with Crippen LogP contribution in [0.15, 0.2) is 36.4 Å². The monoisotopic (exact) mass is 380 g/mol. The Morgan fingerprint density at radius 2 is 1.61 bits per heavy atom. The third-order valence-electron chi connectivity index (χ3n) is 6.20. The van der Waals surface area contributed by atoms with E-state index in [0.717, 1.165) is 54.1 Å². The average molecular weight is 380 g/mol. The largest absolute Gasteiger partial charge is 0.490 e. The number of rotatable bonds is 4. The van der Waals surface area contributed by atoms with E-state index in [1.165, 1.54) is 12.8 Å². The summed E-state index contributed by atoms with van der Waals surface area (Å²) in [7, 11) is 0. The third-order valence-corrected chi connectivity index (χ3v) is 6.20. The van der Waals surface area contributed by atoms with Gasteiger partial charge in [-0.05, 0) is 60.7 Å². The molecule has 1 saturated carbocycles. The highest BCUT2D eigenvalue weighted by Crippen LogP contribution is 2.31. The summed E-state index contributed by atoms with van der Waals surface area (Å²) in [4.78, 5) is 17.2. The van der Waals surface area contributed by atoms with Gasteiger partial charge in [0.25, 0.3) is 5.91 Å². The fourth-order valence-electron chi connectivity index (χ4n) is 4.37. The summed E-state index contributed by atoms with van der Waals surface area (Å²) >= 11 is 0. The molecule has 1 aliphatic carbocycles. The molecular formula is C23H28N2O3. The van der Waals surface area contributed by atoms with Gasteiger partial charge in [-0.1, -0.05) is 12.1 Å². The Morgan fingerprint density at radius 1 is 0.893 bits per heavy atom. The molecule has 5 rings (SSSR count). The van der Waals surface area contributed by atoms with E-state index in [0.29, 0.717) is 32.4 Å². The van der Waals surface area contributed by atoms with Gasteiger partial charge in [0.2, 0.25) is 0 Å². The van der Waals surface area contributed by atoms with E-state index in [1.54, 1.807) is 0 Å². The zero-order chi connectivity index (χ0) is 18.9. The van der Waals surface area contributed by atoms with Crippen LogP contribution in [0.25, 0.3) is 10.8 Å². The van der Waals surface area contributed by atoms with Crippen LogP contribution in [0, 0.1) is 0 Å². The quantitative estimate of drug-likeness (QED) is 0.816. The van der Waals surface area contributed by atoms with E-state index in [4.69, 9.17) is 9.47 Å². The van der Waals surface area contributed by atoms with Crippen molar-refractivity contribution in [2.24, 2.45) is 0 Å². The molecule has 0 N–H and O–H groups in total. The second-order valence-corrected chi connectivity index (χ2v) is 8.21. The molecule has 28 heavy (non-hydrogen) atoms. The molecule has 2 aliphatic heterocycles. The van der Waals surface area contributed by atoms with Crippen molar-refractivity contribution in [1.82, 2.24) is 9.80 Å². The summed E-state index contributed by atoms with van der Waals surface area (Å²) in [5.41, 5.74) is 0.746. The van der Waals surface area contributed by atoms with Crippen molar-refractivity contribution >= 4 is 16.7 Å². The van der Waals surface area contributed by atoms with Crippen LogP contribution in [0.5, 0.6) is 5.75 Å². The minimum Gasteiger partial charge on any atom is -0.490 e. The smallest absolute Gasteiger partial charge is 0.254 e. The number of ether oxygens (including phenoxy) is 2. The highest BCUT2D eigenvalue weighted by Gasteiger charge is 2.32. The van der Waals surface area contributed by atoms with E-state index in [1.807, 2.05) is 29.2 Å². The molecule has 3 aliphatic rings. The molecule has 0 radical (unpaired) electrons. The highest BCUT2D eigenvalue weighted by atomic mass is 16.5. The van der Waals surface area contributed by atoms with Gasteiger partial charge in [0, 0.05) is 37.8 Å². The maximum atomic E-state index is 12.7. The molecule has 0 bridgehead atoms. The molecule has 5 nitrogen and oxygen atoms in total. The lowest BCUT2D eigenvalue weighted by molar-refractivity contribution is 0.0303. The van der Waals surface area contributed by atoms with Gasteiger partial charge in [-0.2, -0.15) is 0 Å². The van der Waals surface area contributed by atoms with Crippen LogP contribution in [-0.2, 0) is 4.74 Å². The SMILES string of the molecule is O=C(c1ccc2cc(OC3CCN(C4CC4)CC3)ccc2c1)N1CCOCC1. The number of morpholine rings is 1. The Kier molecular flexibility index (Phi) is 4.95. The number of piperidine rings is 1. The maximum Gasteiger partial charge on any atom is 0.254 e. The molecule has 2 heterocycles. The summed E-state index contributed by atoms with van der Waals surface area (Å²) in [6.07, 6.45) is 5.30. The van der Waals surface area contributed by atoms with Crippen molar-refractivity contribution in [2.45, 2.75) is 37.8 Å². The molecule has 148 valence electrons. The van der Waals surface area contributed by atoms with Crippen LogP contribution in [0.1, 0.15) is 36.0 Å². The molecule has 0 aromatic heterocycles.